The summed E-state index contributed by atoms with van der Waals surface area (Å²) in [6.45, 7) is 0.240. The number of hydrogen-bond donors (Lipinski definition) is 1. The predicted octanol–water partition coefficient (Wildman–Crippen LogP) is 1.85. The Bertz CT molecular complexity index is 718. The molecular formula is C15H19N3O4S. The molecule has 1 fully saturated rings. The van der Waals surface area contributed by atoms with E-state index >= 15 is 0 Å². The third-order valence-corrected chi connectivity index (χ3v) is 5.99. The zero-order valence-corrected chi connectivity index (χ0v) is 13.5. The fourth-order valence-electron chi connectivity index (χ4n) is 3.16. The summed E-state index contributed by atoms with van der Waals surface area (Å²) in [4.78, 5) is 0. The van der Waals surface area contributed by atoms with Crippen LogP contribution in [0.4, 0.5) is 0 Å². The maximum absolute atomic E-state index is 12.4. The molecular weight excluding hydrogens is 318 g/mol. The summed E-state index contributed by atoms with van der Waals surface area (Å²) < 4.78 is 38.8. The maximum atomic E-state index is 12.4. The Morgan fingerprint density at radius 3 is 2.57 bits per heavy atom. The second kappa shape index (κ2) is 5.45. The Kier molecular flexibility index (Phi) is 3.53. The number of nitrogens with one attached hydrogen (secondary N) is 1. The summed E-state index contributed by atoms with van der Waals surface area (Å²) in [5.74, 6) is 1.15. The molecule has 8 heteroatoms. The van der Waals surface area contributed by atoms with Crippen molar-refractivity contribution in [2.24, 2.45) is 10.2 Å². The first-order chi connectivity index (χ1) is 11.0. The molecule has 2 heterocycles. The molecule has 4 rings (SSSR count). The monoisotopic (exact) mass is 337 g/mol. The molecule has 1 saturated carbocycles. The number of nitrogens with zero attached hydrogens (tertiary/aromatic N) is 2. The van der Waals surface area contributed by atoms with E-state index in [1.165, 1.54) is 0 Å². The number of sulfonamides is 1. The summed E-state index contributed by atoms with van der Waals surface area (Å²) in [6, 6.07) is 7.25. The van der Waals surface area contributed by atoms with E-state index in [0.29, 0.717) is 11.5 Å². The second-order valence-corrected chi connectivity index (χ2v) is 8.15. The molecule has 0 radical (unpaired) electrons. The number of rotatable bonds is 4. The molecule has 3 aliphatic rings. The molecule has 1 aliphatic carbocycles. The lowest BCUT2D eigenvalue weighted by Gasteiger charge is -2.29. The van der Waals surface area contributed by atoms with E-state index in [4.69, 9.17) is 9.47 Å². The van der Waals surface area contributed by atoms with Gasteiger partial charge in [0.1, 0.15) is 18.5 Å². The van der Waals surface area contributed by atoms with Gasteiger partial charge in [-0.3, -0.25) is 0 Å². The first-order valence-corrected chi connectivity index (χ1v) is 9.51. The van der Waals surface area contributed by atoms with Gasteiger partial charge in [-0.15, -0.1) is 0 Å². The van der Waals surface area contributed by atoms with E-state index in [-0.39, 0.29) is 24.1 Å². The minimum atomic E-state index is -3.42. The van der Waals surface area contributed by atoms with Gasteiger partial charge in [-0.05, 0) is 37.8 Å². The SMILES string of the molecule is O=S(=O)(CC1COc2ccccc2O1)NC1CCC2(CC1)N=N2. The van der Waals surface area contributed by atoms with Crippen LogP contribution in [-0.4, -0.2) is 38.6 Å². The van der Waals surface area contributed by atoms with Crippen molar-refractivity contribution in [3.8, 4) is 11.5 Å². The first kappa shape index (κ1) is 14.9. The summed E-state index contributed by atoms with van der Waals surface area (Å²) in [6.07, 6.45) is 2.72. The summed E-state index contributed by atoms with van der Waals surface area (Å²) in [7, 11) is -3.42. The summed E-state index contributed by atoms with van der Waals surface area (Å²) in [5.41, 5.74) is -0.175. The van der Waals surface area contributed by atoms with Crippen LogP contribution in [0.2, 0.25) is 0 Å². The van der Waals surface area contributed by atoms with Crippen LogP contribution < -0.4 is 14.2 Å². The zero-order valence-electron chi connectivity index (χ0n) is 12.6. The third-order valence-electron chi connectivity index (χ3n) is 4.49. The van der Waals surface area contributed by atoms with Crippen molar-refractivity contribution < 1.29 is 17.9 Å². The van der Waals surface area contributed by atoms with Crippen LogP contribution in [0, 0.1) is 0 Å². The van der Waals surface area contributed by atoms with Crippen molar-refractivity contribution >= 4 is 10.0 Å². The van der Waals surface area contributed by atoms with E-state index < -0.39 is 16.1 Å². The van der Waals surface area contributed by atoms with E-state index in [1.807, 2.05) is 18.2 Å². The van der Waals surface area contributed by atoms with Gasteiger partial charge in [-0.2, -0.15) is 10.2 Å². The van der Waals surface area contributed by atoms with Crippen molar-refractivity contribution in [2.75, 3.05) is 12.4 Å². The molecule has 1 aromatic rings. The van der Waals surface area contributed by atoms with Crippen LogP contribution in [0.5, 0.6) is 11.5 Å². The summed E-state index contributed by atoms with van der Waals surface area (Å²) >= 11 is 0. The quantitative estimate of drug-likeness (QED) is 0.908. The normalized spacial score (nSPS) is 25.5. The Labute approximate surface area is 135 Å². The minimum absolute atomic E-state index is 0.0339. The molecule has 1 aromatic carbocycles. The molecule has 0 bridgehead atoms. The molecule has 7 nitrogen and oxygen atoms in total. The van der Waals surface area contributed by atoms with Crippen LogP contribution in [0.3, 0.4) is 0 Å². The number of fused-ring (bicyclic) bond motifs is 1. The average molecular weight is 337 g/mol. The highest BCUT2D eigenvalue weighted by atomic mass is 32.2. The topological polar surface area (TPSA) is 89.4 Å². The van der Waals surface area contributed by atoms with Gasteiger partial charge in [0.05, 0.1) is 0 Å². The first-order valence-electron chi connectivity index (χ1n) is 7.86. The lowest BCUT2D eigenvalue weighted by molar-refractivity contribution is 0.106. The highest BCUT2D eigenvalue weighted by Gasteiger charge is 2.44. The number of hydrogen-bond acceptors (Lipinski definition) is 6. The molecule has 2 aliphatic heterocycles. The molecule has 1 atom stereocenters. The summed E-state index contributed by atoms with van der Waals surface area (Å²) in [5, 5.41) is 8.10. The van der Waals surface area contributed by atoms with Crippen molar-refractivity contribution in [1.82, 2.24) is 4.72 Å². The standard InChI is InChI=1S/C15H19N3O4S/c19-23(20,16-11-5-7-15(8-6-11)17-18-15)10-12-9-21-13-3-1-2-4-14(13)22-12/h1-4,11-12,16H,5-10H2. The van der Waals surface area contributed by atoms with Gasteiger partial charge in [0.2, 0.25) is 10.0 Å². The van der Waals surface area contributed by atoms with E-state index in [1.54, 1.807) is 6.07 Å². The third kappa shape index (κ3) is 3.32. The van der Waals surface area contributed by atoms with Gasteiger partial charge in [-0.25, -0.2) is 13.1 Å². The van der Waals surface area contributed by atoms with Crippen molar-refractivity contribution in [1.29, 1.82) is 0 Å². The Balaban J connectivity index is 1.33. The molecule has 0 aromatic heterocycles. The van der Waals surface area contributed by atoms with Crippen LogP contribution in [0.25, 0.3) is 0 Å². The van der Waals surface area contributed by atoms with Crippen molar-refractivity contribution in [3.63, 3.8) is 0 Å². The fourth-order valence-corrected chi connectivity index (χ4v) is 4.65. The lowest BCUT2D eigenvalue weighted by Crippen LogP contribution is -2.45. The highest BCUT2D eigenvalue weighted by Crippen LogP contribution is 2.42. The highest BCUT2D eigenvalue weighted by molar-refractivity contribution is 7.89. The predicted molar refractivity (Wildman–Crippen MR) is 83.1 cm³/mol. The fraction of sp³-hybridized carbons (Fsp3) is 0.600. The maximum Gasteiger partial charge on any atom is 0.215 e. The van der Waals surface area contributed by atoms with Gasteiger partial charge in [0.15, 0.2) is 17.2 Å². The molecule has 0 amide bonds. The average Bonchev–Trinajstić information content (AvgIpc) is 3.29. The van der Waals surface area contributed by atoms with E-state index in [9.17, 15) is 8.42 Å². The van der Waals surface area contributed by atoms with Gasteiger partial charge < -0.3 is 9.47 Å². The van der Waals surface area contributed by atoms with Crippen molar-refractivity contribution in [2.45, 2.75) is 43.5 Å². The lowest BCUT2D eigenvalue weighted by atomic mass is 9.89. The number of para-hydroxylation sites is 2. The van der Waals surface area contributed by atoms with Crippen molar-refractivity contribution in [3.05, 3.63) is 24.3 Å². The van der Waals surface area contributed by atoms with Crippen LogP contribution in [-0.2, 0) is 10.0 Å². The smallest absolute Gasteiger partial charge is 0.215 e. The minimum Gasteiger partial charge on any atom is -0.486 e. The molecule has 1 N–H and O–H groups in total. The number of benzene rings is 1. The molecule has 124 valence electrons. The number of ether oxygens (including phenoxy) is 2. The molecule has 0 saturated heterocycles. The van der Waals surface area contributed by atoms with E-state index in [2.05, 4.69) is 15.0 Å². The second-order valence-electron chi connectivity index (χ2n) is 6.35. The molecule has 1 spiro atoms. The van der Waals surface area contributed by atoms with Gasteiger partial charge in [-0.1, -0.05) is 12.1 Å². The largest absolute Gasteiger partial charge is 0.486 e. The zero-order chi connectivity index (χ0) is 15.9. The van der Waals surface area contributed by atoms with E-state index in [0.717, 1.165) is 25.7 Å². The Morgan fingerprint density at radius 2 is 1.87 bits per heavy atom. The molecule has 23 heavy (non-hydrogen) atoms. The van der Waals surface area contributed by atoms with Crippen LogP contribution in [0.1, 0.15) is 25.7 Å². The Hall–Kier alpha value is -1.67. The van der Waals surface area contributed by atoms with Gasteiger partial charge >= 0.3 is 0 Å². The van der Waals surface area contributed by atoms with Gasteiger partial charge in [0, 0.05) is 6.04 Å². The van der Waals surface area contributed by atoms with Gasteiger partial charge in [0.25, 0.3) is 0 Å². The Morgan fingerprint density at radius 1 is 1.17 bits per heavy atom. The van der Waals surface area contributed by atoms with Crippen LogP contribution >= 0.6 is 0 Å². The molecule has 1 unspecified atom stereocenters. The van der Waals surface area contributed by atoms with Crippen LogP contribution in [0.15, 0.2) is 34.5 Å².